The Morgan fingerprint density at radius 2 is 1.83 bits per heavy atom. The number of carbonyl (C=O) groups is 1. The molecule has 1 aliphatic rings. The van der Waals surface area contributed by atoms with Crippen molar-refractivity contribution in [2.24, 2.45) is 5.10 Å². The minimum absolute atomic E-state index is 0.106. The summed E-state index contributed by atoms with van der Waals surface area (Å²) in [5.41, 5.74) is 2.06. The van der Waals surface area contributed by atoms with Crippen molar-refractivity contribution < 1.29 is 23.8 Å². The van der Waals surface area contributed by atoms with E-state index in [0.717, 1.165) is 5.56 Å². The molecule has 4 rings (SSSR count). The molecule has 0 unspecified atom stereocenters. The van der Waals surface area contributed by atoms with Gasteiger partial charge in [0, 0.05) is 23.6 Å². The number of hydrogen-bond donors (Lipinski definition) is 1. The van der Waals surface area contributed by atoms with Gasteiger partial charge in [-0.25, -0.2) is 5.01 Å². The molecular formula is C22H20N2O5. The van der Waals surface area contributed by atoms with Crippen LogP contribution in [0.3, 0.4) is 0 Å². The van der Waals surface area contributed by atoms with Crippen molar-refractivity contribution in [2.45, 2.75) is 12.5 Å². The van der Waals surface area contributed by atoms with Crippen molar-refractivity contribution in [3.63, 3.8) is 0 Å². The zero-order chi connectivity index (χ0) is 20.4. The third kappa shape index (κ3) is 3.54. The number of phenols is 1. The van der Waals surface area contributed by atoms with E-state index in [2.05, 4.69) is 5.10 Å². The summed E-state index contributed by atoms with van der Waals surface area (Å²) < 4.78 is 16.0. The van der Waals surface area contributed by atoms with Crippen molar-refractivity contribution >= 4 is 11.6 Å². The number of amides is 1. The lowest BCUT2D eigenvalue weighted by molar-refractivity contribution is 0.0677. The van der Waals surface area contributed by atoms with Gasteiger partial charge in [0.1, 0.15) is 17.2 Å². The Morgan fingerprint density at radius 1 is 1.10 bits per heavy atom. The minimum Gasteiger partial charge on any atom is -0.508 e. The van der Waals surface area contributed by atoms with Crippen LogP contribution in [0.1, 0.15) is 34.1 Å². The highest BCUT2D eigenvalue weighted by molar-refractivity contribution is 6.05. The first kappa shape index (κ1) is 18.6. The van der Waals surface area contributed by atoms with Crippen LogP contribution in [-0.4, -0.2) is 36.0 Å². The van der Waals surface area contributed by atoms with Crippen LogP contribution >= 0.6 is 0 Å². The SMILES string of the molecule is COc1cc(OC)cc(C2=NN(C(=O)c3ccco3)[C@H](c3ccccc3O)C2)c1. The molecule has 1 aromatic heterocycles. The number of hydrazone groups is 1. The first-order chi connectivity index (χ1) is 14.1. The number of carbonyl (C=O) groups excluding carboxylic acids is 1. The summed E-state index contributed by atoms with van der Waals surface area (Å²) in [5.74, 6) is 1.15. The Morgan fingerprint density at radius 3 is 2.45 bits per heavy atom. The van der Waals surface area contributed by atoms with Crippen LogP contribution in [0, 0.1) is 0 Å². The minimum atomic E-state index is -0.471. The number of rotatable bonds is 5. The molecule has 7 nitrogen and oxygen atoms in total. The largest absolute Gasteiger partial charge is 0.508 e. The zero-order valence-corrected chi connectivity index (χ0v) is 16.0. The number of nitrogens with zero attached hydrogens (tertiary/aromatic N) is 2. The van der Waals surface area contributed by atoms with E-state index < -0.39 is 6.04 Å². The maximum atomic E-state index is 13.0. The number of furan rings is 1. The van der Waals surface area contributed by atoms with E-state index in [4.69, 9.17) is 13.9 Å². The van der Waals surface area contributed by atoms with Gasteiger partial charge in [-0.2, -0.15) is 5.10 Å². The van der Waals surface area contributed by atoms with Gasteiger partial charge in [-0.1, -0.05) is 18.2 Å². The molecule has 2 aromatic carbocycles. The Kier molecular flexibility index (Phi) is 4.95. The second-order valence-electron chi connectivity index (χ2n) is 6.55. The maximum absolute atomic E-state index is 13.0. The average Bonchev–Trinajstić information content (AvgIpc) is 3.43. The fraction of sp³-hybridized carbons (Fsp3) is 0.182. The highest BCUT2D eigenvalue weighted by Crippen LogP contribution is 2.38. The lowest BCUT2D eigenvalue weighted by Gasteiger charge is -2.21. The summed E-state index contributed by atoms with van der Waals surface area (Å²) in [6, 6.07) is 15.1. The van der Waals surface area contributed by atoms with Gasteiger partial charge >= 0.3 is 5.91 Å². The molecule has 7 heteroatoms. The predicted octanol–water partition coefficient (Wildman–Crippen LogP) is 3.99. The summed E-state index contributed by atoms with van der Waals surface area (Å²) in [7, 11) is 3.15. The van der Waals surface area contributed by atoms with Crippen LogP contribution in [0.4, 0.5) is 0 Å². The van der Waals surface area contributed by atoms with E-state index >= 15 is 0 Å². The molecule has 1 aliphatic heterocycles. The van der Waals surface area contributed by atoms with E-state index in [1.165, 1.54) is 11.3 Å². The number of hydrogen-bond acceptors (Lipinski definition) is 6. The highest BCUT2D eigenvalue weighted by atomic mass is 16.5. The molecule has 0 bridgehead atoms. The van der Waals surface area contributed by atoms with Crippen molar-refractivity contribution in [1.82, 2.24) is 5.01 Å². The van der Waals surface area contributed by atoms with Gasteiger partial charge in [-0.15, -0.1) is 0 Å². The first-order valence-electron chi connectivity index (χ1n) is 9.06. The molecule has 1 amide bonds. The first-order valence-corrected chi connectivity index (χ1v) is 9.06. The highest BCUT2D eigenvalue weighted by Gasteiger charge is 2.36. The molecule has 148 valence electrons. The number of aromatic hydroxyl groups is 1. The van der Waals surface area contributed by atoms with E-state index in [1.54, 1.807) is 50.6 Å². The topological polar surface area (TPSA) is 84.5 Å². The van der Waals surface area contributed by atoms with Crippen LogP contribution in [0.5, 0.6) is 17.2 Å². The standard InChI is InChI=1S/C22H20N2O5/c1-27-15-10-14(11-16(12-15)28-2)18-13-19(17-6-3-4-7-20(17)25)24(23-18)22(26)21-8-5-9-29-21/h3-12,19,25H,13H2,1-2H3/t19-/m0/s1. The number of para-hydroxylation sites is 1. The predicted molar refractivity (Wildman–Crippen MR) is 106 cm³/mol. The average molecular weight is 392 g/mol. The summed E-state index contributed by atoms with van der Waals surface area (Å²) >= 11 is 0. The Bertz CT molecular complexity index is 1040. The van der Waals surface area contributed by atoms with E-state index in [-0.39, 0.29) is 17.4 Å². The molecule has 0 spiro atoms. The number of methoxy groups -OCH3 is 2. The van der Waals surface area contributed by atoms with Crippen molar-refractivity contribution in [1.29, 1.82) is 0 Å². The molecule has 1 atom stereocenters. The molecule has 0 saturated heterocycles. The van der Waals surface area contributed by atoms with Crippen LogP contribution in [0.15, 0.2) is 70.4 Å². The second kappa shape index (κ2) is 7.71. The molecule has 1 N–H and O–H groups in total. The van der Waals surface area contributed by atoms with Gasteiger partial charge in [0.25, 0.3) is 0 Å². The lowest BCUT2D eigenvalue weighted by Crippen LogP contribution is -2.26. The van der Waals surface area contributed by atoms with E-state index in [1.807, 2.05) is 18.2 Å². The normalized spacial score (nSPS) is 15.9. The summed E-state index contributed by atoms with van der Waals surface area (Å²) in [5, 5.41) is 16.3. The number of phenolic OH excluding ortho intramolecular Hbond substituents is 1. The molecule has 0 saturated carbocycles. The van der Waals surface area contributed by atoms with Crippen molar-refractivity contribution in [3.05, 3.63) is 77.7 Å². The molecule has 0 fully saturated rings. The van der Waals surface area contributed by atoms with Gasteiger partial charge in [0.05, 0.1) is 32.2 Å². The van der Waals surface area contributed by atoms with Crippen LogP contribution < -0.4 is 9.47 Å². The molecule has 0 radical (unpaired) electrons. The molecule has 0 aliphatic carbocycles. The van der Waals surface area contributed by atoms with Crippen LogP contribution in [0.2, 0.25) is 0 Å². The molecule has 2 heterocycles. The fourth-order valence-corrected chi connectivity index (χ4v) is 3.37. The van der Waals surface area contributed by atoms with E-state index in [9.17, 15) is 9.90 Å². The van der Waals surface area contributed by atoms with Gasteiger partial charge < -0.3 is 19.0 Å². The van der Waals surface area contributed by atoms with Gasteiger partial charge in [0.2, 0.25) is 0 Å². The smallest absolute Gasteiger partial charge is 0.310 e. The monoisotopic (exact) mass is 392 g/mol. The van der Waals surface area contributed by atoms with Gasteiger partial charge in [0.15, 0.2) is 5.76 Å². The van der Waals surface area contributed by atoms with Gasteiger partial charge in [-0.05, 0) is 30.3 Å². The number of benzene rings is 2. The lowest BCUT2D eigenvalue weighted by atomic mass is 9.97. The second-order valence-corrected chi connectivity index (χ2v) is 6.55. The number of ether oxygens (including phenoxy) is 2. The maximum Gasteiger partial charge on any atom is 0.310 e. The van der Waals surface area contributed by atoms with Crippen molar-refractivity contribution in [3.8, 4) is 17.2 Å². The molecule has 3 aromatic rings. The quantitative estimate of drug-likeness (QED) is 0.710. The Labute approximate surface area is 167 Å². The third-order valence-corrected chi connectivity index (χ3v) is 4.83. The van der Waals surface area contributed by atoms with Crippen LogP contribution in [0.25, 0.3) is 0 Å². The van der Waals surface area contributed by atoms with Crippen LogP contribution in [-0.2, 0) is 0 Å². The Balaban J connectivity index is 1.77. The van der Waals surface area contributed by atoms with E-state index in [0.29, 0.717) is 29.2 Å². The Hall–Kier alpha value is -3.74. The fourth-order valence-electron chi connectivity index (χ4n) is 3.37. The zero-order valence-electron chi connectivity index (χ0n) is 16.0. The van der Waals surface area contributed by atoms with Crippen molar-refractivity contribution in [2.75, 3.05) is 14.2 Å². The summed E-state index contributed by atoms with van der Waals surface area (Å²) in [4.78, 5) is 13.0. The molecular weight excluding hydrogens is 372 g/mol. The molecule has 29 heavy (non-hydrogen) atoms. The third-order valence-electron chi connectivity index (χ3n) is 4.83. The van der Waals surface area contributed by atoms with Gasteiger partial charge in [-0.3, -0.25) is 4.79 Å². The summed E-state index contributed by atoms with van der Waals surface area (Å²) in [6.45, 7) is 0. The summed E-state index contributed by atoms with van der Waals surface area (Å²) in [6.07, 6.45) is 1.86.